The lowest BCUT2D eigenvalue weighted by atomic mass is 10.1. The summed E-state index contributed by atoms with van der Waals surface area (Å²) in [5.74, 6) is -1.55. The first-order valence-corrected chi connectivity index (χ1v) is 7.53. The number of imide groups is 1. The number of rotatable bonds is 6. The molecule has 1 fully saturated rings. The van der Waals surface area contributed by atoms with Gasteiger partial charge in [-0.3, -0.25) is 14.4 Å². The number of hydrogen-bond acceptors (Lipinski definition) is 6. The van der Waals surface area contributed by atoms with Gasteiger partial charge in [-0.25, -0.2) is 4.79 Å². The molecule has 7 heteroatoms. The highest BCUT2D eigenvalue weighted by Crippen LogP contribution is 2.19. The second kappa shape index (κ2) is 7.42. The van der Waals surface area contributed by atoms with Crippen LogP contribution in [0.4, 0.5) is 0 Å². The molecule has 0 aromatic carbocycles. The summed E-state index contributed by atoms with van der Waals surface area (Å²) in [6.45, 7) is 5.49. The maximum absolute atomic E-state index is 11.5. The van der Waals surface area contributed by atoms with Crippen LogP contribution in [0.1, 0.15) is 40.0 Å². The van der Waals surface area contributed by atoms with Crippen molar-refractivity contribution in [2.24, 2.45) is 11.8 Å². The molecule has 1 aliphatic rings. The van der Waals surface area contributed by atoms with Crippen LogP contribution in [-0.2, 0) is 24.0 Å². The fourth-order valence-corrected chi connectivity index (χ4v) is 2.59. The van der Waals surface area contributed by atoms with Gasteiger partial charge in [0.05, 0.1) is 6.42 Å². The van der Waals surface area contributed by atoms with Gasteiger partial charge in [0, 0.05) is 24.5 Å². The molecule has 2 amide bonds. The van der Waals surface area contributed by atoms with E-state index in [1.165, 1.54) is 0 Å². The third kappa shape index (κ3) is 4.96. The SMILES string of the molecule is CC(C)CC(=O)SCCC(=O)ON1C(=O)CC(C)C1=O. The van der Waals surface area contributed by atoms with Gasteiger partial charge in [0.2, 0.25) is 0 Å². The van der Waals surface area contributed by atoms with Gasteiger partial charge in [-0.05, 0) is 5.92 Å². The predicted octanol–water partition coefficient (Wildman–Crippen LogP) is 1.54. The molecule has 1 saturated heterocycles. The first kappa shape index (κ1) is 16.7. The van der Waals surface area contributed by atoms with E-state index in [1.807, 2.05) is 13.8 Å². The van der Waals surface area contributed by atoms with Crippen LogP contribution in [0.2, 0.25) is 0 Å². The molecule has 0 bridgehead atoms. The molecule has 0 aromatic rings. The standard InChI is InChI=1S/C13H19NO5S/c1-8(2)6-12(17)20-5-4-11(16)19-14-10(15)7-9(3)13(14)18/h8-9H,4-7H2,1-3H3. The maximum atomic E-state index is 11.5. The molecule has 1 unspecified atom stereocenters. The first-order chi connectivity index (χ1) is 9.31. The molecular weight excluding hydrogens is 282 g/mol. The number of hydroxylamine groups is 2. The highest BCUT2D eigenvalue weighted by Gasteiger charge is 2.38. The van der Waals surface area contributed by atoms with E-state index in [1.54, 1.807) is 6.92 Å². The van der Waals surface area contributed by atoms with Crippen molar-refractivity contribution in [2.75, 3.05) is 5.75 Å². The molecule has 20 heavy (non-hydrogen) atoms. The lowest BCUT2D eigenvalue weighted by molar-refractivity contribution is -0.197. The fraction of sp³-hybridized carbons (Fsp3) is 0.692. The summed E-state index contributed by atoms with van der Waals surface area (Å²) in [5.41, 5.74) is 0. The lowest BCUT2D eigenvalue weighted by Crippen LogP contribution is -2.33. The van der Waals surface area contributed by atoms with E-state index in [9.17, 15) is 19.2 Å². The lowest BCUT2D eigenvalue weighted by Gasteiger charge is -2.12. The van der Waals surface area contributed by atoms with E-state index in [2.05, 4.69) is 0 Å². The average Bonchev–Trinajstić information content (AvgIpc) is 2.55. The van der Waals surface area contributed by atoms with Crippen LogP contribution in [-0.4, -0.2) is 33.7 Å². The summed E-state index contributed by atoms with van der Waals surface area (Å²) >= 11 is 1.07. The van der Waals surface area contributed by atoms with E-state index in [0.717, 1.165) is 11.8 Å². The van der Waals surface area contributed by atoms with Gasteiger partial charge in [0.25, 0.3) is 11.8 Å². The topological polar surface area (TPSA) is 80.8 Å². The second-order valence-electron chi connectivity index (χ2n) is 5.16. The molecule has 1 aliphatic heterocycles. The number of hydrogen-bond donors (Lipinski definition) is 0. The minimum Gasteiger partial charge on any atom is -0.330 e. The molecule has 1 atom stereocenters. The van der Waals surface area contributed by atoms with Crippen LogP contribution in [0.25, 0.3) is 0 Å². The maximum Gasteiger partial charge on any atom is 0.334 e. The van der Waals surface area contributed by atoms with Crippen molar-refractivity contribution in [2.45, 2.75) is 40.0 Å². The zero-order valence-electron chi connectivity index (χ0n) is 11.9. The highest BCUT2D eigenvalue weighted by atomic mass is 32.2. The summed E-state index contributed by atoms with van der Waals surface area (Å²) in [5, 5.41) is 0.558. The number of carbonyl (C=O) groups excluding carboxylic acids is 4. The van der Waals surface area contributed by atoms with Crippen molar-refractivity contribution in [3.05, 3.63) is 0 Å². The Morgan fingerprint density at radius 3 is 2.55 bits per heavy atom. The molecule has 0 spiro atoms. The van der Waals surface area contributed by atoms with Crippen LogP contribution in [0.3, 0.4) is 0 Å². The fourth-order valence-electron chi connectivity index (χ4n) is 1.64. The Bertz CT molecular complexity index is 421. The third-order valence-electron chi connectivity index (χ3n) is 2.67. The Balaban J connectivity index is 2.29. The quantitative estimate of drug-likeness (QED) is 0.692. The summed E-state index contributed by atoms with van der Waals surface area (Å²) < 4.78 is 0. The Morgan fingerprint density at radius 2 is 2.05 bits per heavy atom. The molecule has 0 N–H and O–H groups in total. The molecule has 0 aliphatic carbocycles. The second-order valence-corrected chi connectivity index (χ2v) is 6.32. The van der Waals surface area contributed by atoms with Gasteiger partial charge in [-0.15, -0.1) is 5.06 Å². The highest BCUT2D eigenvalue weighted by molar-refractivity contribution is 8.13. The number of carbonyl (C=O) groups is 4. The van der Waals surface area contributed by atoms with Crippen molar-refractivity contribution < 1.29 is 24.0 Å². The monoisotopic (exact) mass is 301 g/mol. The molecule has 1 heterocycles. The van der Waals surface area contributed by atoms with Gasteiger partial charge < -0.3 is 4.84 Å². The first-order valence-electron chi connectivity index (χ1n) is 6.54. The average molecular weight is 301 g/mol. The van der Waals surface area contributed by atoms with Gasteiger partial charge in [0.15, 0.2) is 5.12 Å². The van der Waals surface area contributed by atoms with Crippen LogP contribution in [0.5, 0.6) is 0 Å². The number of amides is 2. The molecule has 1 rings (SSSR count). The smallest absolute Gasteiger partial charge is 0.330 e. The van der Waals surface area contributed by atoms with Crippen molar-refractivity contribution >= 4 is 34.7 Å². The molecule has 0 saturated carbocycles. The molecule has 0 aromatic heterocycles. The number of thioether (sulfide) groups is 1. The summed E-state index contributed by atoms with van der Waals surface area (Å²) in [7, 11) is 0. The third-order valence-corrected chi connectivity index (χ3v) is 3.56. The normalized spacial score (nSPS) is 18.8. The van der Waals surface area contributed by atoms with E-state index >= 15 is 0 Å². The van der Waals surface area contributed by atoms with Gasteiger partial charge in [0.1, 0.15) is 0 Å². The summed E-state index contributed by atoms with van der Waals surface area (Å²) in [6.07, 6.45) is 0.508. The molecule has 112 valence electrons. The van der Waals surface area contributed by atoms with Crippen molar-refractivity contribution in [3.63, 3.8) is 0 Å². The van der Waals surface area contributed by atoms with Crippen molar-refractivity contribution in [1.29, 1.82) is 0 Å². The van der Waals surface area contributed by atoms with E-state index in [-0.39, 0.29) is 29.6 Å². The Labute approximate surface area is 122 Å². The van der Waals surface area contributed by atoms with E-state index in [0.29, 0.717) is 11.5 Å². The largest absolute Gasteiger partial charge is 0.334 e. The minimum atomic E-state index is -0.675. The van der Waals surface area contributed by atoms with Crippen LogP contribution < -0.4 is 0 Å². The molecule has 0 radical (unpaired) electrons. The van der Waals surface area contributed by atoms with Crippen molar-refractivity contribution in [1.82, 2.24) is 5.06 Å². The zero-order valence-corrected chi connectivity index (χ0v) is 12.7. The molecular formula is C13H19NO5S. The van der Waals surface area contributed by atoms with Gasteiger partial charge in [-0.2, -0.15) is 0 Å². The van der Waals surface area contributed by atoms with Crippen LogP contribution >= 0.6 is 11.8 Å². The molecule has 6 nitrogen and oxygen atoms in total. The summed E-state index contributed by atoms with van der Waals surface area (Å²) in [6, 6.07) is 0. The van der Waals surface area contributed by atoms with Crippen molar-refractivity contribution in [3.8, 4) is 0 Å². The van der Waals surface area contributed by atoms with E-state index < -0.39 is 23.7 Å². The Morgan fingerprint density at radius 1 is 1.40 bits per heavy atom. The summed E-state index contributed by atoms with van der Waals surface area (Å²) in [4.78, 5) is 50.6. The van der Waals surface area contributed by atoms with Gasteiger partial charge >= 0.3 is 5.97 Å². The van der Waals surface area contributed by atoms with E-state index in [4.69, 9.17) is 4.84 Å². The predicted molar refractivity (Wildman–Crippen MR) is 73.3 cm³/mol. The minimum absolute atomic E-state index is 0.0139. The Hall–Kier alpha value is -1.37. The van der Waals surface area contributed by atoms with Crippen LogP contribution in [0.15, 0.2) is 0 Å². The number of nitrogens with zero attached hydrogens (tertiary/aromatic N) is 1. The zero-order chi connectivity index (χ0) is 15.3. The van der Waals surface area contributed by atoms with Gasteiger partial charge in [-0.1, -0.05) is 32.5 Å². The van der Waals surface area contributed by atoms with Crippen LogP contribution in [0, 0.1) is 11.8 Å². The Kier molecular flexibility index (Phi) is 6.19.